The molecule has 1 heterocycles. The van der Waals surface area contributed by atoms with Gasteiger partial charge in [0.2, 0.25) is 5.91 Å². The zero-order valence-electron chi connectivity index (χ0n) is 20.2. The number of amides is 3. The van der Waals surface area contributed by atoms with Crippen molar-refractivity contribution in [1.82, 2.24) is 4.90 Å². The number of anilines is 1. The molecule has 1 aliphatic rings. The van der Waals surface area contributed by atoms with Crippen molar-refractivity contribution in [2.45, 2.75) is 6.61 Å². The number of nitrogens with zero attached hydrogens (tertiary/aromatic N) is 2. The number of ether oxygens (including phenoxy) is 2. The molecule has 0 atom stereocenters. The summed E-state index contributed by atoms with van der Waals surface area (Å²) >= 11 is 13.2. The molecule has 3 amide bonds. The first-order valence-corrected chi connectivity index (χ1v) is 12.8. The highest BCUT2D eigenvalue weighted by molar-refractivity contribution is 8.18. The number of nitrogens with one attached hydrogen (secondary N) is 1. The van der Waals surface area contributed by atoms with E-state index in [0.29, 0.717) is 33.6 Å². The van der Waals surface area contributed by atoms with Crippen LogP contribution in [0.5, 0.6) is 11.5 Å². The topological polar surface area (TPSA) is 128 Å². The number of nitro benzene ring substituents is 1. The van der Waals surface area contributed by atoms with Gasteiger partial charge < -0.3 is 14.8 Å². The maximum atomic E-state index is 12.9. The molecule has 0 unspecified atom stereocenters. The maximum Gasteiger partial charge on any atom is 0.294 e. The van der Waals surface area contributed by atoms with Gasteiger partial charge in [0.25, 0.3) is 16.8 Å². The summed E-state index contributed by atoms with van der Waals surface area (Å²) in [6, 6.07) is 15.7. The number of carbonyl (C=O) groups excluding carboxylic acids is 3. The number of nitro groups is 1. The maximum absolute atomic E-state index is 12.9. The number of non-ortho nitro benzene ring substituents is 1. The van der Waals surface area contributed by atoms with E-state index < -0.39 is 28.5 Å². The Morgan fingerprint density at radius 1 is 1.10 bits per heavy atom. The minimum Gasteiger partial charge on any atom is -0.493 e. The van der Waals surface area contributed by atoms with Gasteiger partial charge >= 0.3 is 0 Å². The van der Waals surface area contributed by atoms with Gasteiger partial charge in [-0.3, -0.25) is 29.4 Å². The van der Waals surface area contributed by atoms with Crippen molar-refractivity contribution < 1.29 is 28.8 Å². The second-order valence-electron chi connectivity index (χ2n) is 8.05. The number of benzene rings is 3. The third-order valence-electron chi connectivity index (χ3n) is 5.38. The number of imide groups is 1. The van der Waals surface area contributed by atoms with E-state index in [-0.39, 0.29) is 33.7 Å². The highest BCUT2D eigenvalue weighted by Crippen LogP contribution is 2.39. The van der Waals surface area contributed by atoms with Gasteiger partial charge in [-0.25, -0.2) is 0 Å². The van der Waals surface area contributed by atoms with E-state index in [1.165, 1.54) is 31.4 Å². The van der Waals surface area contributed by atoms with Gasteiger partial charge in [-0.1, -0.05) is 47.5 Å². The van der Waals surface area contributed by atoms with E-state index >= 15 is 0 Å². The molecular weight excluding hydrogens is 569 g/mol. The average molecular weight is 588 g/mol. The van der Waals surface area contributed by atoms with Crippen LogP contribution < -0.4 is 14.8 Å². The molecule has 200 valence electrons. The first-order chi connectivity index (χ1) is 18.7. The van der Waals surface area contributed by atoms with Crippen LogP contribution in [0.25, 0.3) is 6.08 Å². The monoisotopic (exact) mass is 587 g/mol. The fourth-order valence-electron chi connectivity index (χ4n) is 3.56. The highest BCUT2D eigenvalue weighted by atomic mass is 35.5. The summed E-state index contributed by atoms with van der Waals surface area (Å²) in [7, 11) is 1.40. The molecule has 1 N–H and O–H groups in total. The molecule has 0 aliphatic carbocycles. The molecule has 39 heavy (non-hydrogen) atoms. The van der Waals surface area contributed by atoms with Gasteiger partial charge in [-0.2, -0.15) is 0 Å². The number of hydrogen-bond donors (Lipinski definition) is 1. The molecule has 1 fully saturated rings. The van der Waals surface area contributed by atoms with E-state index in [1.807, 2.05) is 0 Å². The van der Waals surface area contributed by atoms with E-state index in [2.05, 4.69) is 5.32 Å². The second kappa shape index (κ2) is 12.2. The lowest BCUT2D eigenvalue weighted by molar-refractivity contribution is -0.384. The minimum absolute atomic E-state index is 0.00769. The summed E-state index contributed by atoms with van der Waals surface area (Å²) < 4.78 is 11.2. The molecule has 1 saturated heterocycles. The van der Waals surface area contributed by atoms with Crippen molar-refractivity contribution in [1.29, 1.82) is 0 Å². The lowest BCUT2D eigenvalue weighted by Gasteiger charge is -2.14. The van der Waals surface area contributed by atoms with Crippen molar-refractivity contribution in [2.75, 3.05) is 19.0 Å². The fourth-order valence-corrected chi connectivity index (χ4v) is 4.86. The van der Waals surface area contributed by atoms with Gasteiger partial charge in [0.15, 0.2) is 11.5 Å². The van der Waals surface area contributed by atoms with Gasteiger partial charge in [0.1, 0.15) is 13.2 Å². The second-order valence-corrected chi connectivity index (χ2v) is 9.85. The van der Waals surface area contributed by atoms with Crippen LogP contribution >= 0.6 is 35.0 Å². The third kappa shape index (κ3) is 6.69. The number of carbonyl (C=O) groups is 3. The van der Waals surface area contributed by atoms with E-state index in [4.69, 9.17) is 32.7 Å². The Bertz CT molecular complexity index is 1510. The molecule has 10 nitrogen and oxygen atoms in total. The quantitative estimate of drug-likeness (QED) is 0.179. The largest absolute Gasteiger partial charge is 0.493 e. The number of methoxy groups -OCH3 is 1. The lowest BCUT2D eigenvalue weighted by Crippen LogP contribution is -2.36. The first kappa shape index (κ1) is 28.0. The Labute approximate surface area is 236 Å². The Morgan fingerprint density at radius 2 is 1.87 bits per heavy atom. The number of hydrogen-bond acceptors (Lipinski definition) is 8. The van der Waals surface area contributed by atoms with Crippen molar-refractivity contribution in [3.05, 3.63) is 96.9 Å². The van der Waals surface area contributed by atoms with E-state index in [9.17, 15) is 24.5 Å². The van der Waals surface area contributed by atoms with Crippen molar-refractivity contribution in [3.8, 4) is 11.5 Å². The van der Waals surface area contributed by atoms with Gasteiger partial charge in [-0.05, 0) is 53.2 Å². The molecular formula is C26H19Cl2N3O7S. The molecule has 13 heteroatoms. The Hall–Kier alpha value is -4.06. The summed E-state index contributed by atoms with van der Waals surface area (Å²) in [6.07, 6.45) is 1.45. The van der Waals surface area contributed by atoms with Crippen LogP contribution in [0.1, 0.15) is 11.1 Å². The Morgan fingerprint density at radius 3 is 2.59 bits per heavy atom. The smallest absolute Gasteiger partial charge is 0.294 e. The molecule has 1 aliphatic heterocycles. The average Bonchev–Trinajstić information content (AvgIpc) is 3.16. The summed E-state index contributed by atoms with van der Waals surface area (Å²) in [4.78, 5) is 49.2. The molecule has 3 aromatic rings. The van der Waals surface area contributed by atoms with Crippen LogP contribution in [0.4, 0.5) is 16.2 Å². The zero-order valence-corrected chi connectivity index (χ0v) is 22.5. The predicted molar refractivity (Wildman–Crippen MR) is 148 cm³/mol. The van der Waals surface area contributed by atoms with Crippen LogP contribution in [-0.4, -0.2) is 40.5 Å². The number of para-hydroxylation sites is 1. The van der Waals surface area contributed by atoms with Crippen LogP contribution in [0.15, 0.2) is 65.6 Å². The van der Waals surface area contributed by atoms with Crippen LogP contribution in [0, 0.1) is 10.1 Å². The number of rotatable bonds is 9. The van der Waals surface area contributed by atoms with Gasteiger partial charge in [0.05, 0.1) is 32.7 Å². The summed E-state index contributed by atoms with van der Waals surface area (Å²) in [5.41, 5.74) is 1.30. The van der Waals surface area contributed by atoms with Crippen LogP contribution in [0.2, 0.25) is 10.0 Å². The zero-order chi connectivity index (χ0) is 28.1. The highest BCUT2D eigenvalue weighted by Gasteiger charge is 2.36. The van der Waals surface area contributed by atoms with Crippen molar-refractivity contribution in [2.24, 2.45) is 0 Å². The predicted octanol–water partition coefficient (Wildman–Crippen LogP) is 6.16. The first-order valence-electron chi connectivity index (χ1n) is 11.2. The molecule has 4 rings (SSSR count). The van der Waals surface area contributed by atoms with E-state index in [0.717, 1.165) is 4.90 Å². The molecule has 3 aromatic carbocycles. The third-order valence-corrected chi connectivity index (χ3v) is 6.90. The Balaban J connectivity index is 1.47. The number of halogens is 2. The molecule has 0 saturated carbocycles. The van der Waals surface area contributed by atoms with Gasteiger partial charge in [-0.15, -0.1) is 0 Å². The molecule has 0 spiro atoms. The fraction of sp³-hybridized carbons (Fsp3) is 0.115. The minimum atomic E-state index is -0.639. The van der Waals surface area contributed by atoms with E-state index in [1.54, 1.807) is 42.5 Å². The van der Waals surface area contributed by atoms with Crippen molar-refractivity contribution >= 4 is 69.5 Å². The van der Waals surface area contributed by atoms with Crippen LogP contribution in [-0.2, 0) is 16.2 Å². The normalized spacial score (nSPS) is 14.0. The standard InChI is InChI=1S/C26H19Cl2N3O7S/c1-37-21-11-16(10-19(28)24(21)38-14-15-5-4-6-17(9-15)31(35)36)12-22-25(33)30(26(34)39-22)13-23(32)29-20-8-3-2-7-18(20)27/h2-12H,13-14H2,1H3,(H,29,32)/b22-12+. The van der Waals surface area contributed by atoms with Crippen molar-refractivity contribution in [3.63, 3.8) is 0 Å². The Kier molecular flexibility index (Phi) is 8.75. The summed E-state index contributed by atoms with van der Waals surface area (Å²) in [5, 5.41) is 13.5. The molecule has 0 radical (unpaired) electrons. The summed E-state index contributed by atoms with van der Waals surface area (Å²) in [5.74, 6) is -0.772. The number of thioether (sulfide) groups is 1. The summed E-state index contributed by atoms with van der Waals surface area (Å²) in [6.45, 7) is -0.492. The van der Waals surface area contributed by atoms with Crippen LogP contribution in [0.3, 0.4) is 0 Å². The lowest BCUT2D eigenvalue weighted by atomic mass is 10.1. The van der Waals surface area contributed by atoms with Gasteiger partial charge in [0, 0.05) is 12.1 Å². The molecule has 0 bridgehead atoms. The molecule has 0 aromatic heterocycles. The SMILES string of the molecule is COc1cc(/C=C2/SC(=O)N(CC(=O)Nc3ccccc3Cl)C2=O)cc(Cl)c1OCc1cccc([N+](=O)[O-])c1.